The molecule has 0 atom stereocenters. The largest absolute Gasteiger partial charge is 1.00 e. The average Bonchev–Trinajstić information content (AvgIpc) is 1.33. The van der Waals surface area contributed by atoms with Crippen molar-refractivity contribution in [1.29, 1.82) is 0 Å². The molecule has 0 rings (SSSR count). The fraction of sp³-hybridized carbons (Fsp3) is 0. The fourth-order valence-corrected chi connectivity index (χ4v) is 0. The third-order valence-electron chi connectivity index (χ3n) is 0. The molecular formula is C2H2ClF2NaO2. The number of carbonyl (C=O) groups is 1. The van der Waals surface area contributed by atoms with E-state index in [0.717, 1.165) is 0 Å². The molecule has 0 fully saturated rings. The van der Waals surface area contributed by atoms with Crippen LogP contribution in [0.25, 0.3) is 0 Å². The summed E-state index contributed by atoms with van der Waals surface area (Å²) in [4.78, 5) is 8.77. The molecular weight excluding hydrogens is 152 g/mol. The van der Waals surface area contributed by atoms with Gasteiger partial charge < -0.3 is 13.9 Å². The molecule has 0 aliphatic heterocycles. The van der Waals surface area contributed by atoms with E-state index in [1.54, 1.807) is 0 Å². The van der Waals surface area contributed by atoms with Crippen molar-refractivity contribution in [1.82, 2.24) is 0 Å². The summed E-state index contributed by atoms with van der Waals surface area (Å²) in [5.41, 5.74) is -1.36. The van der Waals surface area contributed by atoms with Crippen molar-refractivity contribution in [3.8, 4) is 0 Å². The molecule has 0 bridgehead atoms. The molecule has 0 saturated heterocycles. The van der Waals surface area contributed by atoms with Gasteiger partial charge in [0.05, 0.1) is 0 Å². The second-order valence-electron chi connectivity index (χ2n) is 0.335. The standard InChI is InChI=1S/CHClO2.CHF2.Na/c2-1(3)4;2-1-3;/h(H,3,4);1H;/q;-1;+1. The molecule has 0 heterocycles. The Morgan fingerprint density at radius 1 is 1.62 bits per heavy atom. The number of hydrogen-bond acceptors (Lipinski definition) is 1. The third kappa shape index (κ3) is 544. The monoisotopic (exact) mass is 154 g/mol. The minimum absolute atomic E-state index is 0. The molecule has 0 aliphatic rings. The number of halogens is 3. The van der Waals surface area contributed by atoms with Crippen molar-refractivity contribution in [2.45, 2.75) is 0 Å². The van der Waals surface area contributed by atoms with E-state index >= 15 is 0 Å². The van der Waals surface area contributed by atoms with Gasteiger partial charge in [-0.05, 0) is 6.93 Å². The van der Waals surface area contributed by atoms with Crippen molar-refractivity contribution in [2.75, 3.05) is 0 Å². The molecule has 8 heavy (non-hydrogen) atoms. The van der Waals surface area contributed by atoms with E-state index in [1.807, 2.05) is 0 Å². The molecule has 0 aromatic carbocycles. The Kier molecular flexibility index (Phi) is 31.0. The van der Waals surface area contributed by atoms with E-state index in [-0.39, 0.29) is 29.6 Å². The molecule has 0 radical (unpaired) electrons. The summed E-state index contributed by atoms with van der Waals surface area (Å²) in [7, 11) is 0. The Hall–Kier alpha value is 0.620. The van der Waals surface area contributed by atoms with Crippen LogP contribution in [0.15, 0.2) is 0 Å². The maximum Gasteiger partial charge on any atom is 1.00 e. The van der Waals surface area contributed by atoms with E-state index < -0.39 is 12.4 Å². The first-order valence-corrected chi connectivity index (χ1v) is 1.43. The van der Waals surface area contributed by atoms with Crippen LogP contribution >= 0.6 is 11.6 Å². The minimum atomic E-state index is -1.36. The number of rotatable bonds is 0. The van der Waals surface area contributed by atoms with E-state index in [2.05, 4.69) is 11.6 Å². The third-order valence-corrected chi connectivity index (χ3v) is 0. The zero-order valence-corrected chi connectivity index (χ0v) is 6.82. The molecule has 0 aromatic rings. The predicted octanol–water partition coefficient (Wildman–Crippen LogP) is -1.05. The summed E-state index contributed by atoms with van der Waals surface area (Å²) in [5.74, 6) is 0. The van der Waals surface area contributed by atoms with Crippen LogP contribution < -0.4 is 29.6 Å². The van der Waals surface area contributed by atoms with E-state index in [1.165, 1.54) is 0 Å². The molecule has 6 heteroatoms. The van der Waals surface area contributed by atoms with Gasteiger partial charge in [0.15, 0.2) is 0 Å². The SMILES string of the molecule is F[CH-]F.O=C(O)Cl.[Na+]. The molecule has 0 amide bonds. The van der Waals surface area contributed by atoms with Crippen molar-refractivity contribution < 1.29 is 48.2 Å². The van der Waals surface area contributed by atoms with Crippen LogP contribution in [0, 0.1) is 6.93 Å². The summed E-state index contributed by atoms with van der Waals surface area (Å²) < 4.78 is 19.0. The molecule has 44 valence electrons. The maximum absolute atomic E-state index is 9.50. The van der Waals surface area contributed by atoms with Crippen molar-refractivity contribution >= 4 is 17.0 Å². The van der Waals surface area contributed by atoms with Gasteiger partial charge in [-0.3, -0.25) is 0 Å². The zero-order valence-electron chi connectivity index (χ0n) is 4.07. The minimum Gasteiger partial charge on any atom is -0.469 e. The van der Waals surface area contributed by atoms with Gasteiger partial charge in [0.25, 0.3) is 0 Å². The summed E-state index contributed by atoms with van der Waals surface area (Å²) in [6, 6.07) is 0. The van der Waals surface area contributed by atoms with E-state index in [0.29, 0.717) is 0 Å². The van der Waals surface area contributed by atoms with Gasteiger partial charge in [-0.2, -0.15) is 0 Å². The first-order chi connectivity index (χ1) is 3.15. The van der Waals surface area contributed by atoms with Crippen LogP contribution in [0.4, 0.5) is 13.6 Å². The number of carboxylic acid groups (broad SMARTS) is 1. The first-order valence-electron chi connectivity index (χ1n) is 1.05. The summed E-state index contributed by atoms with van der Waals surface area (Å²) in [5, 5.41) is 7.18. The van der Waals surface area contributed by atoms with Crippen LogP contribution in [0.5, 0.6) is 0 Å². The first kappa shape index (κ1) is 15.8. The van der Waals surface area contributed by atoms with Gasteiger partial charge in [-0.25, -0.2) is 4.79 Å². The average molecular weight is 154 g/mol. The van der Waals surface area contributed by atoms with Crippen molar-refractivity contribution in [3.05, 3.63) is 6.93 Å². The molecule has 0 unspecified atom stereocenters. The van der Waals surface area contributed by atoms with E-state index in [9.17, 15) is 8.78 Å². The van der Waals surface area contributed by atoms with Crippen LogP contribution in [0.3, 0.4) is 0 Å². The van der Waals surface area contributed by atoms with Gasteiger partial charge in [0.1, 0.15) is 0 Å². The maximum atomic E-state index is 9.50. The molecule has 2 nitrogen and oxygen atoms in total. The van der Waals surface area contributed by atoms with Gasteiger partial charge in [-0.15, -0.1) is 0 Å². The molecule has 0 spiro atoms. The van der Waals surface area contributed by atoms with Gasteiger partial charge >= 0.3 is 35.0 Å². The van der Waals surface area contributed by atoms with Gasteiger partial charge in [-0.1, -0.05) is 0 Å². The fourth-order valence-electron chi connectivity index (χ4n) is 0. The van der Waals surface area contributed by atoms with Crippen LogP contribution in [0.1, 0.15) is 0 Å². The quantitative estimate of drug-likeness (QED) is 0.275. The molecule has 0 saturated carbocycles. The summed E-state index contributed by atoms with van der Waals surface area (Å²) in [6.45, 7) is -1.00. The Morgan fingerprint density at radius 2 is 1.62 bits per heavy atom. The Balaban J connectivity index is -0.0000000575. The number of hydrogen-bond donors (Lipinski definition) is 1. The van der Waals surface area contributed by atoms with Crippen LogP contribution in [0.2, 0.25) is 0 Å². The Morgan fingerprint density at radius 3 is 1.62 bits per heavy atom. The van der Waals surface area contributed by atoms with Gasteiger partial charge in [0, 0.05) is 11.6 Å². The Labute approximate surface area is 72.1 Å². The second kappa shape index (κ2) is 15.6. The predicted molar refractivity (Wildman–Crippen MR) is 20.4 cm³/mol. The van der Waals surface area contributed by atoms with Crippen molar-refractivity contribution in [3.63, 3.8) is 0 Å². The molecule has 1 N–H and O–H groups in total. The normalized spacial score (nSPS) is 5.38. The second-order valence-corrected chi connectivity index (χ2v) is 0.659. The van der Waals surface area contributed by atoms with E-state index in [4.69, 9.17) is 9.90 Å². The Bertz CT molecular complexity index is 49.3. The molecule has 0 aliphatic carbocycles. The van der Waals surface area contributed by atoms with Crippen LogP contribution in [-0.4, -0.2) is 10.5 Å². The van der Waals surface area contributed by atoms with Crippen molar-refractivity contribution in [2.24, 2.45) is 0 Å². The van der Waals surface area contributed by atoms with Gasteiger partial charge in [0.2, 0.25) is 0 Å². The van der Waals surface area contributed by atoms with Crippen LogP contribution in [-0.2, 0) is 0 Å². The summed E-state index contributed by atoms with van der Waals surface area (Å²) in [6.07, 6.45) is 0. The molecule has 0 aromatic heterocycles. The smallest absolute Gasteiger partial charge is 0.469 e. The topological polar surface area (TPSA) is 37.3 Å². The summed E-state index contributed by atoms with van der Waals surface area (Å²) >= 11 is 4.19. The zero-order chi connectivity index (χ0) is 6.28.